The number of anilines is 1. The number of halogens is 2. The second kappa shape index (κ2) is 5.84. The van der Waals surface area contributed by atoms with E-state index in [0.717, 1.165) is 5.56 Å². The molecule has 6 heteroatoms. The molecule has 0 bridgehead atoms. The standard InChI is InChI=1S/C13H13ClFN3O/c1-8(9-3-5-10(15)6-4-9)18-13-11(19-2)12(14)16-7-17-13/h3-8H,1-2H3,(H,16,17,18). The Morgan fingerprint density at radius 3 is 2.58 bits per heavy atom. The summed E-state index contributed by atoms with van der Waals surface area (Å²) < 4.78 is 18.0. The van der Waals surface area contributed by atoms with Crippen LogP contribution in [-0.2, 0) is 0 Å². The van der Waals surface area contributed by atoms with E-state index >= 15 is 0 Å². The molecule has 1 aromatic heterocycles. The van der Waals surface area contributed by atoms with Gasteiger partial charge in [-0.3, -0.25) is 0 Å². The molecule has 2 aromatic rings. The molecule has 2 rings (SSSR count). The minimum absolute atomic E-state index is 0.0690. The molecule has 1 heterocycles. The van der Waals surface area contributed by atoms with E-state index in [-0.39, 0.29) is 17.0 Å². The highest BCUT2D eigenvalue weighted by Crippen LogP contribution is 2.30. The molecule has 0 fully saturated rings. The maximum atomic E-state index is 12.9. The zero-order valence-corrected chi connectivity index (χ0v) is 11.3. The van der Waals surface area contributed by atoms with Gasteiger partial charge in [0.05, 0.1) is 13.2 Å². The topological polar surface area (TPSA) is 47.0 Å². The first-order valence-electron chi connectivity index (χ1n) is 5.68. The SMILES string of the molecule is COc1c(Cl)ncnc1NC(C)c1ccc(F)cc1. The predicted molar refractivity (Wildman–Crippen MR) is 72.0 cm³/mol. The Balaban J connectivity index is 2.21. The summed E-state index contributed by atoms with van der Waals surface area (Å²) in [6.45, 7) is 1.93. The van der Waals surface area contributed by atoms with Crippen molar-refractivity contribution in [1.29, 1.82) is 0 Å². The van der Waals surface area contributed by atoms with Crippen molar-refractivity contribution in [3.63, 3.8) is 0 Å². The van der Waals surface area contributed by atoms with E-state index in [1.54, 1.807) is 12.1 Å². The molecule has 4 nitrogen and oxygen atoms in total. The maximum absolute atomic E-state index is 12.9. The molecule has 1 N–H and O–H groups in total. The molecule has 0 aliphatic carbocycles. The van der Waals surface area contributed by atoms with Gasteiger partial charge in [-0.2, -0.15) is 0 Å². The van der Waals surface area contributed by atoms with Crippen LogP contribution in [0.2, 0.25) is 5.15 Å². The van der Waals surface area contributed by atoms with Gasteiger partial charge < -0.3 is 10.1 Å². The van der Waals surface area contributed by atoms with Crippen molar-refractivity contribution >= 4 is 17.4 Å². The second-order valence-corrected chi connectivity index (χ2v) is 4.32. The van der Waals surface area contributed by atoms with E-state index in [1.807, 2.05) is 6.92 Å². The Hall–Kier alpha value is -1.88. The van der Waals surface area contributed by atoms with Crippen LogP contribution in [0, 0.1) is 5.82 Å². The lowest BCUT2D eigenvalue weighted by atomic mass is 10.1. The minimum Gasteiger partial charge on any atom is -0.490 e. The number of nitrogens with one attached hydrogen (secondary N) is 1. The van der Waals surface area contributed by atoms with E-state index in [1.165, 1.54) is 25.6 Å². The molecular formula is C13H13ClFN3O. The highest BCUT2D eigenvalue weighted by molar-refractivity contribution is 6.31. The number of nitrogens with zero attached hydrogens (tertiary/aromatic N) is 2. The Kier molecular flexibility index (Phi) is 4.16. The van der Waals surface area contributed by atoms with Crippen molar-refractivity contribution in [3.8, 4) is 5.75 Å². The highest BCUT2D eigenvalue weighted by atomic mass is 35.5. The van der Waals surface area contributed by atoms with Crippen molar-refractivity contribution in [1.82, 2.24) is 9.97 Å². The Morgan fingerprint density at radius 1 is 1.26 bits per heavy atom. The fraction of sp³-hybridized carbons (Fsp3) is 0.231. The fourth-order valence-electron chi connectivity index (χ4n) is 1.68. The average molecular weight is 282 g/mol. The van der Waals surface area contributed by atoms with Gasteiger partial charge in [-0.15, -0.1) is 0 Å². The third-order valence-corrected chi connectivity index (χ3v) is 2.96. The zero-order chi connectivity index (χ0) is 13.8. The van der Waals surface area contributed by atoms with Crippen molar-refractivity contribution in [2.24, 2.45) is 0 Å². The van der Waals surface area contributed by atoms with E-state index in [2.05, 4.69) is 15.3 Å². The zero-order valence-electron chi connectivity index (χ0n) is 10.5. The lowest BCUT2D eigenvalue weighted by molar-refractivity contribution is 0.412. The summed E-state index contributed by atoms with van der Waals surface area (Å²) in [5.74, 6) is 0.621. The lowest BCUT2D eigenvalue weighted by Crippen LogP contribution is -2.09. The number of aromatic nitrogens is 2. The Morgan fingerprint density at radius 2 is 1.95 bits per heavy atom. The molecule has 0 spiro atoms. The van der Waals surface area contributed by atoms with Crippen LogP contribution in [0.4, 0.5) is 10.2 Å². The third-order valence-electron chi connectivity index (χ3n) is 2.69. The molecule has 1 atom stereocenters. The van der Waals surface area contributed by atoms with Crippen molar-refractivity contribution in [2.45, 2.75) is 13.0 Å². The van der Waals surface area contributed by atoms with E-state index in [0.29, 0.717) is 11.6 Å². The van der Waals surface area contributed by atoms with Crippen molar-refractivity contribution in [2.75, 3.05) is 12.4 Å². The molecule has 100 valence electrons. The summed E-state index contributed by atoms with van der Waals surface area (Å²) in [5, 5.41) is 3.40. The molecule has 1 unspecified atom stereocenters. The van der Waals surface area contributed by atoms with E-state index in [9.17, 15) is 4.39 Å². The second-order valence-electron chi connectivity index (χ2n) is 3.96. The molecule has 0 saturated carbocycles. The molecule has 0 aliphatic rings. The van der Waals surface area contributed by atoms with Gasteiger partial charge in [-0.1, -0.05) is 23.7 Å². The summed E-state index contributed by atoms with van der Waals surface area (Å²) in [4.78, 5) is 7.93. The van der Waals surface area contributed by atoms with Crippen LogP contribution in [0.3, 0.4) is 0 Å². The summed E-state index contributed by atoms with van der Waals surface area (Å²) in [6.07, 6.45) is 1.35. The summed E-state index contributed by atoms with van der Waals surface area (Å²) in [7, 11) is 1.50. The first-order valence-corrected chi connectivity index (χ1v) is 6.06. The maximum Gasteiger partial charge on any atom is 0.198 e. The smallest absolute Gasteiger partial charge is 0.198 e. The lowest BCUT2D eigenvalue weighted by Gasteiger charge is -2.17. The summed E-state index contributed by atoms with van der Waals surface area (Å²) in [6, 6.07) is 6.18. The van der Waals surface area contributed by atoms with Crippen LogP contribution in [0.5, 0.6) is 5.75 Å². The van der Waals surface area contributed by atoms with Gasteiger partial charge in [0.2, 0.25) is 0 Å². The Bertz CT molecular complexity index is 562. The van der Waals surface area contributed by atoms with Crippen LogP contribution >= 0.6 is 11.6 Å². The summed E-state index contributed by atoms with van der Waals surface area (Å²) >= 11 is 5.91. The molecule has 19 heavy (non-hydrogen) atoms. The molecule has 0 radical (unpaired) electrons. The monoisotopic (exact) mass is 281 g/mol. The minimum atomic E-state index is -0.265. The number of benzene rings is 1. The largest absolute Gasteiger partial charge is 0.490 e. The van der Waals surface area contributed by atoms with Gasteiger partial charge in [-0.05, 0) is 24.6 Å². The highest BCUT2D eigenvalue weighted by Gasteiger charge is 2.13. The molecule has 0 amide bonds. The van der Waals surface area contributed by atoms with Crippen LogP contribution in [-0.4, -0.2) is 17.1 Å². The normalized spacial score (nSPS) is 12.0. The number of rotatable bonds is 4. The quantitative estimate of drug-likeness (QED) is 0.872. The molecule has 0 saturated heterocycles. The number of hydrogen-bond donors (Lipinski definition) is 1. The van der Waals surface area contributed by atoms with Gasteiger partial charge in [0.15, 0.2) is 16.7 Å². The number of hydrogen-bond acceptors (Lipinski definition) is 4. The van der Waals surface area contributed by atoms with Gasteiger partial charge in [0.1, 0.15) is 12.1 Å². The molecular weight excluding hydrogens is 269 g/mol. The fourth-order valence-corrected chi connectivity index (χ4v) is 1.89. The van der Waals surface area contributed by atoms with Crippen LogP contribution in [0.15, 0.2) is 30.6 Å². The van der Waals surface area contributed by atoms with Gasteiger partial charge in [0.25, 0.3) is 0 Å². The van der Waals surface area contributed by atoms with Crippen molar-refractivity contribution < 1.29 is 9.13 Å². The van der Waals surface area contributed by atoms with Crippen LogP contribution in [0.1, 0.15) is 18.5 Å². The predicted octanol–water partition coefficient (Wildman–Crippen LogP) is 3.45. The van der Waals surface area contributed by atoms with E-state index in [4.69, 9.17) is 16.3 Å². The Labute approximate surface area is 115 Å². The van der Waals surface area contributed by atoms with Gasteiger partial charge in [0, 0.05) is 0 Å². The van der Waals surface area contributed by atoms with Gasteiger partial charge in [-0.25, -0.2) is 14.4 Å². The first kappa shape index (κ1) is 13.5. The number of methoxy groups -OCH3 is 1. The summed E-state index contributed by atoms with van der Waals surface area (Å²) in [5.41, 5.74) is 0.929. The van der Waals surface area contributed by atoms with E-state index < -0.39 is 0 Å². The van der Waals surface area contributed by atoms with Crippen molar-refractivity contribution in [3.05, 3.63) is 47.1 Å². The number of ether oxygens (including phenoxy) is 1. The van der Waals surface area contributed by atoms with Gasteiger partial charge >= 0.3 is 0 Å². The molecule has 1 aromatic carbocycles. The first-order chi connectivity index (χ1) is 9.11. The third kappa shape index (κ3) is 3.12. The molecule has 0 aliphatic heterocycles. The van der Waals surface area contributed by atoms with Crippen LogP contribution < -0.4 is 10.1 Å². The van der Waals surface area contributed by atoms with Crippen LogP contribution in [0.25, 0.3) is 0 Å². The average Bonchev–Trinajstić information content (AvgIpc) is 2.39.